The third-order valence-corrected chi connectivity index (χ3v) is 2.03. The number of nitrogens with two attached hydrogens (primary N) is 1. The minimum absolute atomic E-state index is 0.699. The van der Waals surface area contributed by atoms with Crippen molar-refractivity contribution in [1.29, 1.82) is 5.26 Å². The molecule has 1 unspecified atom stereocenters. The third-order valence-electron chi connectivity index (χ3n) is 2.03. The van der Waals surface area contributed by atoms with Crippen LogP contribution in [0.4, 0.5) is 0 Å². The molecule has 0 spiro atoms. The van der Waals surface area contributed by atoms with Crippen molar-refractivity contribution in [2.24, 2.45) is 5.73 Å². The molecule has 2 nitrogen and oxygen atoms in total. The second kappa shape index (κ2) is 4.06. The number of aryl methyl sites for hydroxylation is 1. The van der Waals surface area contributed by atoms with Gasteiger partial charge in [0.1, 0.15) is 5.54 Å². The highest BCUT2D eigenvalue weighted by molar-refractivity contribution is 5.16. The summed E-state index contributed by atoms with van der Waals surface area (Å²) in [5.41, 5.74) is 6.24. The fourth-order valence-corrected chi connectivity index (χ4v) is 1.10. The summed E-state index contributed by atoms with van der Waals surface area (Å²) < 4.78 is 0. The van der Waals surface area contributed by atoms with E-state index < -0.39 is 5.54 Å². The van der Waals surface area contributed by atoms with Gasteiger partial charge in [-0.15, -0.1) is 0 Å². The lowest BCUT2D eigenvalue weighted by molar-refractivity contribution is 0.546. The molecule has 2 heteroatoms. The van der Waals surface area contributed by atoms with Crippen molar-refractivity contribution < 1.29 is 0 Å². The molecule has 0 saturated carbocycles. The topological polar surface area (TPSA) is 49.8 Å². The summed E-state index contributed by atoms with van der Waals surface area (Å²) in [4.78, 5) is 0. The van der Waals surface area contributed by atoms with E-state index in [1.165, 1.54) is 5.56 Å². The van der Waals surface area contributed by atoms with E-state index in [4.69, 9.17) is 11.0 Å². The monoisotopic (exact) mass is 174 g/mol. The Morgan fingerprint density at radius 1 is 1.38 bits per heavy atom. The Morgan fingerprint density at radius 2 is 2.00 bits per heavy atom. The molecule has 0 saturated heterocycles. The molecule has 0 bridgehead atoms. The van der Waals surface area contributed by atoms with Crippen LogP contribution in [0.2, 0.25) is 0 Å². The first kappa shape index (κ1) is 9.76. The van der Waals surface area contributed by atoms with Gasteiger partial charge in [-0.05, 0) is 25.3 Å². The van der Waals surface area contributed by atoms with E-state index in [-0.39, 0.29) is 0 Å². The van der Waals surface area contributed by atoms with E-state index >= 15 is 0 Å². The summed E-state index contributed by atoms with van der Waals surface area (Å²) in [7, 11) is 0. The highest BCUT2D eigenvalue weighted by Crippen LogP contribution is 2.10. The summed E-state index contributed by atoms with van der Waals surface area (Å²) in [6.45, 7) is 1.76. The van der Waals surface area contributed by atoms with Crippen LogP contribution >= 0.6 is 0 Å². The molecule has 0 aliphatic rings. The van der Waals surface area contributed by atoms with Gasteiger partial charge in [0.05, 0.1) is 6.07 Å². The second-order valence-corrected chi connectivity index (χ2v) is 3.51. The van der Waals surface area contributed by atoms with E-state index in [1.54, 1.807) is 6.92 Å². The average Bonchev–Trinajstić information content (AvgIpc) is 2.17. The molecule has 0 aliphatic heterocycles. The predicted molar refractivity (Wildman–Crippen MR) is 53.0 cm³/mol. The molecular weight excluding hydrogens is 160 g/mol. The van der Waals surface area contributed by atoms with Crippen molar-refractivity contribution >= 4 is 0 Å². The summed E-state index contributed by atoms with van der Waals surface area (Å²) in [6, 6.07) is 12.2. The highest BCUT2D eigenvalue weighted by Gasteiger charge is 2.16. The van der Waals surface area contributed by atoms with Gasteiger partial charge in [0, 0.05) is 0 Å². The van der Waals surface area contributed by atoms with Crippen LogP contribution in [0, 0.1) is 11.3 Å². The standard InChI is InChI=1S/C11H14N2/c1-11(13,9-12)8-7-10-5-3-2-4-6-10/h2-6H,7-8,13H2,1H3. The first-order valence-electron chi connectivity index (χ1n) is 4.38. The maximum atomic E-state index is 8.70. The van der Waals surface area contributed by atoms with Crippen LogP contribution in [-0.4, -0.2) is 5.54 Å². The first-order chi connectivity index (χ1) is 6.14. The van der Waals surface area contributed by atoms with Gasteiger partial charge in [-0.2, -0.15) is 5.26 Å². The Morgan fingerprint density at radius 3 is 2.54 bits per heavy atom. The molecular formula is C11H14N2. The smallest absolute Gasteiger partial charge is 0.101 e. The van der Waals surface area contributed by atoms with Crippen molar-refractivity contribution in [2.45, 2.75) is 25.3 Å². The highest BCUT2D eigenvalue weighted by atomic mass is 14.7. The zero-order valence-electron chi connectivity index (χ0n) is 7.83. The Hall–Kier alpha value is -1.33. The van der Waals surface area contributed by atoms with Gasteiger partial charge >= 0.3 is 0 Å². The summed E-state index contributed by atoms with van der Waals surface area (Å²) in [5.74, 6) is 0. The average molecular weight is 174 g/mol. The number of hydrogen-bond acceptors (Lipinski definition) is 2. The largest absolute Gasteiger partial charge is 0.314 e. The molecule has 0 heterocycles. The lowest BCUT2D eigenvalue weighted by Gasteiger charge is -2.14. The molecule has 0 fully saturated rings. The quantitative estimate of drug-likeness (QED) is 0.760. The second-order valence-electron chi connectivity index (χ2n) is 3.51. The Balaban J connectivity index is 2.50. The molecule has 1 rings (SSSR count). The van der Waals surface area contributed by atoms with Crippen LogP contribution in [-0.2, 0) is 6.42 Å². The van der Waals surface area contributed by atoms with Gasteiger partial charge < -0.3 is 5.73 Å². The Labute approximate surface area is 79.0 Å². The number of nitriles is 1. The Kier molecular flexibility index (Phi) is 3.05. The van der Waals surface area contributed by atoms with Gasteiger partial charge in [-0.1, -0.05) is 30.3 Å². The van der Waals surface area contributed by atoms with Crippen LogP contribution in [0.25, 0.3) is 0 Å². The molecule has 2 N–H and O–H groups in total. The van der Waals surface area contributed by atoms with Gasteiger partial charge in [-0.3, -0.25) is 0 Å². The number of rotatable bonds is 3. The lowest BCUT2D eigenvalue weighted by atomic mass is 9.96. The first-order valence-corrected chi connectivity index (χ1v) is 4.38. The van der Waals surface area contributed by atoms with Gasteiger partial charge in [-0.25, -0.2) is 0 Å². The van der Waals surface area contributed by atoms with Gasteiger partial charge in [0.25, 0.3) is 0 Å². The third kappa shape index (κ3) is 3.27. The molecule has 13 heavy (non-hydrogen) atoms. The van der Waals surface area contributed by atoms with Crippen LogP contribution in [0.3, 0.4) is 0 Å². The van der Waals surface area contributed by atoms with E-state index in [1.807, 2.05) is 30.3 Å². The fourth-order valence-electron chi connectivity index (χ4n) is 1.10. The van der Waals surface area contributed by atoms with Crippen LogP contribution < -0.4 is 5.73 Å². The van der Waals surface area contributed by atoms with Crippen molar-refractivity contribution in [3.63, 3.8) is 0 Å². The van der Waals surface area contributed by atoms with E-state index in [9.17, 15) is 0 Å². The SMILES string of the molecule is CC(N)(C#N)CCc1ccccc1. The van der Waals surface area contributed by atoms with Crippen molar-refractivity contribution in [3.05, 3.63) is 35.9 Å². The molecule has 0 amide bonds. The molecule has 0 aliphatic carbocycles. The van der Waals surface area contributed by atoms with Crippen LogP contribution in [0.5, 0.6) is 0 Å². The summed E-state index contributed by atoms with van der Waals surface area (Å²) >= 11 is 0. The zero-order chi connectivity index (χ0) is 9.73. The number of hydrogen-bond donors (Lipinski definition) is 1. The molecule has 1 atom stereocenters. The van der Waals surface area contributed by atoms with Crippen molar-refractivity contribution in [2.75, 3.05) is 0 Å². The fraction of sp³-hybridized carbons (Fsp3) is 0.364. The normalized spacial score (nSPS) is 14.5. The molecule has 1 aromatic rings. The van der Waals surface area contributed by atoms with Crippen molar-refractivity contribution in [1.82, 2.24) is 0 Å². The van der Waals surface area contributed by atoms with Crippen molar-refractivity contribution in [3.8, 4) is 6.07 Å². The van der Waals surface area contributed by atoms with E-state index in [2.05, 4.69) is 6.07 Å². The number of benzene rings is 1. The lowest BCUT2D eigenvalue weighted by Crippen LogP contribution is -2.34. The Bertz CT molecular complexity index is 296. The number of nitrogens with zero attached hydrogens (tertiary/aromatic N) is 1. The van der Waals surface area contributed by atoms with E-state index in [0.717, 1.165) is 6.42 Å². The van der Waals surface area contributed by atoms with Gasteiger partial charge in [0.15, 0.2) is 0 Å². The summed E-state index contributed by atoms with van der Waals surface area (Å²) in [6.07, 6.45) is 1.56. The van der Waals surface area contributed by atoms with E-state index in [0.29, 0.717) is 6.42 Å². The molecule has 0 aromatic heterocycles. The minimum atomic E-state index is -0.699. The maximum absolute atomic E-state index is 8.70. The summed E-state index contributed by atoms with van der Waals surface area (Å²) in [5, 5.41) is 8.70. The zero-order valence-corrected chi connectivity index (χ0v) is 7.83. The molecule has 1 aromatic carbocycles. The van der Waals surface area contributed by atoms with Crippen LogP contribution in [0.15, 0.2) is 30.3 Å². The molecule has 68 valence electrons. The molecule has 0 radical (unpaired) electrons. The van der Waals surface area contributed by atoms with Crippen LogP contribution in [0.1, 0.15) is 18.9 Å². The maximum Gasteiger partial charge on any atom is 0.101 e. The van der Waals surface area contributed by atoms with Gasteiger partial charge in [0.2, 0.25) is 0 Å². The minimum Gasteiger partial charge on any atom is -0.314 e. The predicted octanol–water partition coefficient (Wildman–Crippen LogP) is 1.86.